The third kappa shape index (κ3) is 11.1. The average Bonchev–Trinajstić information content (AvgIpc) is 2.15. The molecule has 100 valence electrons. The lowest BCUT2D eigenvalue weighted by Gasteiger charge is -2.03. The first-order chi connectivity index (χ1) is 7.91. The van der Waals surface area contributed by atoms with Gasteiger partial charge in [-0.2, -0.15) is 0 Å². The first kappa shape index (κ1) is 15.9. The molecule has 0 amide bonds. The molecule has 0 atom stereocenters. The molecular formula is C10H14F4O3. The van der Waals surface area contributed by atoms with E-state index in [4.69, 9.17) is 0 Å². The van der Waals surface area contributed by atoms with Crippen molar-refractivity contribution in [2.75, 3.05) is 0 Å². The summed E-state index contributed by atoms with van der Waals surface area (Å²) in [7, 11) is 0. The zero-order valence-electron chi connectivity index (χ0n) is 9.13. The van der Waals surface area contributed by atoms with Crippen LogP contribution < -0.4 is 0 Å². The van der Waals surface area contributed by atoms with Gasteiger partial charge in [0, 0.05) is 25.7 Å². The van der Waals surface area contributed by atoms with Crippen molar-refractivity contribution in [3.05, 3.63) is 0 Å². The van der Waals surface area contributed by atoms with Crippen LogP contribution >= 0.6 is 0 Å². The lowest BCUT2D eigenvalue weighted by atomic mass is 10.2. The van der Waals surface area contributed by atoms with Gasteiger partial charge in [-0.15, -0.1) is 0 Å². The van der Waals surface area contributed by atoms with Gasteiger partial charge in [0.2, 0.25) is 12.9 Å². The van der Waals surface area contributed by atoms with Crippen molar-refractivity contribution in [3.63, 3.8) is 0 Å². The van der Waals surface area contributed by atoms with Gasteiger partial charge in [0.1, 0.15) is 0 Å². The molecule has 0 fully saturated rings. The molecule has 17 heavy (non-hydrogen) atoms. The van der Waals surface area contributed by atoms with Gasteiger partial charge in [-0.05, 0) is 12.8 Å². The second-order valence-electron chi connectivity index (χ2n) is 3.41. The minimum Gasteiger partial charge on any atom is -0.393 e. The van der Waals surface area contributed by atoms with E-state index < -0.39 is 37.6 Å². The second-order valence-corrected chi connectivity index (χ2v) is 3.41. The molecule has 7 heteroatoms. The molecule has 0 aromatic carbocycles. The van der Waals surface area contributed by atoms with Crippen LogP contribution in [0.5, 0.6) is 0 Å². The molecule has 0 rings (SSSR count). The highest BCUT2D eigenvalue weighted by molar-refractivity contribution is 5.85. The Balaban J connectivity index is 3.56. The van der Waals surface area contributed by atoms with E-state index in [1.54, 1.807) is 0 Å². The molecular weight excluding hydrogens is 244 g/mol. The molecule has 0 saturated carbocycles. The fourth-order valence-electron chi connectivity index (χ4n) is 1.03. The molecule has 0 aromatic heterocycles. The number of esters is 2. The normalized spacial score (nSPS) is 10.9. The van der Waals surface area contributed by atoms with Crippen molar-refractivity contribution in [3.8, 4) is 0 Å². The highest BCUT2D eigenvalue weighted by Gasteiger charge is 2.12. The number of carbonyl (C=O) groups is 2. The Morgan fingerprint density at radius 3 is 1.47 bits per heavy atom. The van der Waals surface area contributed by atoms with Gasteiger partial charge in [0.25, 0.3) is 0 Å². The molecule has 0 radical (unpaired) electrons. The van der Waals surface area contributed by atoms with Crippen molar-refractivity contribution in [1.82, 2.24) is 0 Å². The number of hydrogen-bond donors (Lipinski definition) is 0. The lowest BCUT2D eigenvalue weighted by molar-refractivity contribution is -0.159. The van der Waals surface area contributed by atoms with Crippen LogP contribution in [0.3, 0.4) is 0 Å². The summed E-state index contributed by atoms with van der Waals surface area (Å²) in [5, 5.41) is 0. The second kappa shape index (κ2) is 8.95. The summed E-state index contributed by atoms with van der Waals surface area (Å²) in [6.07, 6.45) is -6.55. The largest absolute Gasteiger partial charge is 0.393 e. The van der Waals surface area contributed by atoms with Crippen molar-refractivity contribution >= 4 is 11.9 Å². The monoisotopic (exact) mass is 258 g/mol. The van der Waals surface area contributed by atoms with E-state index in [1.807, 2.05) is 0 Å². The Morgan fingerprint density at radius 2 is 1.18 bits per heavy atom. The predicted molar refractivity (Wildman–Crippen MR) is 50.8 cm³/mol. The quantitative estimate of drug-likeness (QED) is 0.382. The molecule has 0 aliphatic carbocycles. The zero-order chi connectivity index (χ0) is 13.3. The summed E-state index contributed by atoms with van der Waals surface area (Å²) in [5.74, 6) is -1.79. The van der Waals surface area contributed by atoms with Crippen LogP contribution in [0.1, 0.15) is 38.5 Å². The molecule has 0 N–H and O–H groups in total. The van der Waals surface area contributed by atoms with Crippen LogP contribution in [0, 0.1) is 0 Å². The van der Waals surface area contributed by atoms with Gasteiger partial charge < -0.3 is 4.74 Å². The number of carbonyl (C=O) groups excluding carboxylic acids is 2. The van der Waals surface area contributed by atoms with E-state index in [2.05, 4.69) is 4.74 Å². The van der Waals surface area contributed by atoms with Crippen molar-refractivity contribution < 1.29 is 31.9 Å². The fraction of sp³-hybridized carbons (Fsp3) is 0.800. The molecule has 0 bridgehead atoms. The van der Waals surface area contributed by atoms with Crippen molar-refractivity contribution in [2.45, 2.75) is 51.4 Å². The SMILES string of the molecule is O=C(CCCC(F)F)OC(=O)CCCC(F)F. The van der Waals surface area contributed by atoms with Gasteiger partial charge in [-0.3, -0.25) is 9.59 Å². The standard InChI is InChI=1S/C10H14F4O3/c11-7(12)3-1-5-9(15)17-10(16)6-2-4-8(13)14/h7-8H,1-6H2. The summed E-state index contributed by atoms with van der Waals surface area (Å²) in [4.78, 5) is 21.8. The molecule has 0 aromatic rings. The summed E-state index contributed by atoms with van der Waals surface area (Å²) in [6, 6.07) is 0. The molecule has 0 heterocycles. The Kier molecular flexibility index (Phi) is 8.35. The number of alkyl halides is 4. The first-order valence-corrected chi connectivity index (χ1v) is 5.21. The average molecular weight is 258 g/mol. The smallest absolute Gasteiger partial charge is 0.313 e. The van der Waals surface area contributed by atoms with Crippen LogP contribution in [0.15, 0.2) is 0 Å². The summed E-state index contributed by atoms with van der Waals surface area (Å²) < 4.78 is 51.0. The third-order valence-corrected chi connectivity index (χ3v) is 1.83. The predicted octanol–water partition coefficient (Wildman–Crippen LogP) is 2.93. The summed E-state index contributed by atoms with van der Waals surface area (Å²) in [5.41, 5.74) is 0. The van der Waals surface area contributed by atoms with E-state index in [0.717, 1.165) is 0 Å². The Labute approximate surface area is 96.1 Å². The Morgan fingerprint density at radius 1 is 0.824 bits per heavy atom. The topological polar surface area (TPSA) is 43.4 Å². The maximum absolute atomic E-state index is 11.7. The number of hydrogen-bond acceptors (Lipinski definition) is 3. The maximum atomic E-state index is 11.7. The Bertz CT molecular complexity index is 220. The summed E-state index contributed by atoms with van der Waals surface area (Å²) >= 11 is 0. The van der Waals surface area contributed by atoms with E-state index in [1.165, 1.54) is 0 Å². The molecule has 0 aliphatic rings. The van der Waals surface area contributed by atoms with Crippen molar-refractivity contribution in [1.29, 1.82) is 0 Å². The van der Waals surface area contributed by atoms with Gasteiger partial charge in [-0.1, -0.05) is 0 Å². The van der Waals surface area contributed by atoms with Gasteiger partial charge >= 0.3 is 11.9 Å². The minimum absolute atomic E-state index is 0.0686. The first-order valence-electron chi connectivity index (χ1n) is 5.21. The molecule has 0 aliphatic heterocycles. The van der Waals surface area contributed by atoms with Gasteiger partial charge in [-0.25, -0.2) is 17.6 Å². The minimum atomic E-state index is -2.50. The van der Waals surface area contributed by atoms with E-state index >= 15 is 0 Å². The van der Waals surface area contributed by atoms with Gasteiger partial charge in [0.15, 0.2) is 0 Å². The van der Waals surface area contributed by atoms with E-state index in [9.17, 15) is 27.2 Å². The van der Waals surface area contributed by atoms with Crippen LogP contribution in [-0.2, 0) is 14.3 Å². The number of halogens is 4. The highest BCUT2D eigenvalue weighted by Crippen LogP contribution is 2.08. The molecule has 0 unspecified atom stereocenters. The molecule has 0 saturated heterocycles. The van der Waals surface area contributed by atoms with Gasteiger partial charge in [0.05, 0.1) is 0 Å². The molecule has 0 spiro atoms. The molecule has 3 nitrogen and oxygen atoms in total. The number of rotatable bonds is 8. The van der Waals surface area contributed by atoms with Crippen LogP contribution in [0.25, 0.3) is 0 Å². The highest BCUT2D eigenvalue weighted by atomic mass is 19.3. The van der Waals surface area contributed by atoms with Crippen LogP contribution in [0.4, 0.5) is 17.6 Å². The lowest BCUT2D eigenvalue weighted by Crippen LogP contribution is -2.12. The van der Waals surface area contributed by atoms with E-state index in [-0.39, 0.29) is 25.7 Å². The summed E-state index contributed by atoms with van der Waals surface area (Å²) in [6.45, 7) is 0. The van der Waals surface area contributed by atoms with E-state index in [0.29, 0.717) is 0 Å². The third-order valence-electron chi connectivity index (χ3n) is 1.83. The maximum Gasteiger partial charge on any atom is 0.313 e. The number of ether oxygens (including phenoxy) is 1. The zero-order valence-corrected chi connectivity index (χ0v) is 9.13. The Hall–Kier alpha value is -1.14. The van der Waals surface area contributed by atoms with Crippen LogP contribution in [-0.4, -0.2) is 24.8 Å². The van der Waals surface area contributed by atoms with Crippen molar-refractivity contribution in [2.24, 2.45) is 0 Å². The fourth-order valence-corrected chi connectivity index (χ4v) is 1.03. The van der Waals surface area contributed by atoms with Crippen LogP contribution in [0.2, 0.25) is 0 Å².